The van der Waals surface area contributed by atoms with Crippen LogP contribution in [0.4, 0.5) is 13.2 Å². The van der Waals surface area contributed by atoms with Crippen LogP contribution in [0.5, 0.6) is 5.75 Å². The van der Waals surface area contributed by atoms with Gasteiger partial charge in [-0.15, -0.1) is 0 Å². The molecule has 0 aliphatic heterocycles. The molecule has 1 amide bonds. The fraction of sp³-hybridized carbons (Fsp3) is 0.588. The minimum absolute atomic E-state index is 0.0563. The van der Waals surface area contributed by atoms with Crippen LogP contribution in [0.25, 0.3) is 0 Å². The molecular formula is C17H22F3NO3. The number of benzene rings is 1. The predicted octanol–water partition coefficient (Wildman–Crippen LogP) is 3.56. The fourth-order valence-corrected chi connectivity index (χ4v) is 2.86. The van der Waals surface area contributed by atoms with Crippen molar-refractivity contribution in [3.05, 3.63) is 29.8 Å². The van der Waals surface area contributed by atoms with Crippen molar-refractivity contribution in [2.24, 2.45) is 5.92 Å². The lowest BCUT2D eigenvalue weighted by atomic mass is 9.85. The zero-order chi connectivity index (χ0) is 17.6. The molecule has 1 aliphatic rings. The molecule has 2 rings (SSSR count). The summed E-state index contributed by atoms with van der Waals surface area (Å²) >= 11 is 0. The molecule has 7 heteroatoms. The molecule has 1 fully saturated rings. The Morgan fingerprint density at radius 2 is 2.08 bits per heavy atom. The smallest absolute Gasteiger partial charge is 0.391 e. The third-order valence-electron chi connectivity index (χ3n) is 4.12. The Kier molecular flexibility index (Phi) is 6.48. The summed E-state index contributed by atoms with van der Waals surface area (Å²) in [7, 11) is 1.56. The highest BCUT2D eigenvalue weighted by Gasteiger charge is 2.42. The van der Waals surface area contributed by atoms with Crippen LogP contribution in [0.3, 0.4) is 0 Å². The van der Waals surface area contributed by atoms with Crippen molar-refractivity contribution in [1.29, 1.82) is 0 Å². The van der Waals surface area contributed by atoms with Crippen molar-refractivity contribution in [3.8, 4) is 5.75 Å². The van der Waals surface area contributed by atoms with Gasteiger partial charge in [0.15, 0.2) is 0 Å². The summed E-state index contributed by atoms with van der Waals surface area (Å²) in [5.74, 6) is -1.18. The second-order valence-corrected chi connectivity index (χ2v) is 5.94. The number of methoxy groups -OCH3 is 1. The van der Waals surface area contributed by atoms with Crippen molar-refractivity contribution in [3.63, 3.8) is 0 Å². The van der Waals surface area contributed by atoms with Crippen LogP contribution in [0, 0.1) is 5.92 Å². The average Bonchev–Trinajstić information content (AvgIpc) is 2.55. The Hall–Kier alpha value is -1.76. The molecule has 1 saturated carbocycles. The van der Waals surface area contributed by atoms with Gasteiger partial charge in [-0.25, -0.2) is 0 Å². The minimum atomic E-state index is -4.20. The Morgan fingerprint density at radius 1 is 1.29 bits per heavy atom. The van der Waals surface area contributed by atoms with Gasteiger partial charge in [-0.3, -0.25) is 4.79 Å². The maximum atomic E-state index is 12.8. The van der Waals surface area contributed by atoms with Gasteiger partial charge >= 0.3 is 6.18 Å². The van der Waals surface area contributed by atoms with E-state index in [-0.39, 0.29) is 18.7 Å². The SMILES string of the molecule is COCCOc1cccc(C(=O)N[C@@H]2CCC[C@@H](C(F)(F)F)C2)c1. The first kappa shape index (κ1) is 18.6. The summed E-state index contributed by atoms with van der Waals surface area (Å²) in [5, 5.41) is 2.71. The standard InChI is InChI=1S/C17H22F3NO3/c1-23-8-9-24-15-7-2-4-12(10-15)16(22)21-14-6-3-5-13(11-14)17(18,19)20/h2,4,7,10,13-14H,3,5-6,8-9,11H2,1H3,(H,21,22)/t13-,14-/m1/s1. The number of hydrogen-bond acceptors (Lipinski definition) is 3. The van der Waals surface area contributed by atoms with Crippen LogP contribution in [0.2, 0.25) is 0 Å². The first-order chi connectivity index (χ1) is 11.4. The fourth-order valence-electron chi connectivity index (χ4n) is 2.86. The lowest BCUT2D eigenvalue weighted by Gasteiger charge is -2.31. The monoisotopic (exact) mass is 345 g/mol. The van der Waals surface area contributed by atoms with Crippen molar-refractivity contribution < 1.29 is 27.4 Å². The molecule has 2 atom stereocenters. The largest absolute Gasteiger partial charge is 0.491 e. The van der Waals surface area contributed by atoms with E-state index >= 15 is 0 Å². The van der Waals surface area contributed by atoms with Gasteiger partial charge in [0.05, 0.1) is 12.5 Å². The van der Waals surface area contributed by atoms with Crippen molar-refractivity contribution in [1.82, 2.24) is 5.32 Å². The van der Waals surface area contributed by atoms with E-state index in [4.69, 9.17) is 9.47 Å². The van der Waals surface area contributed by atoms with E-state index in [1.165, 1.54) is 0 Å². The molecule has 0 radical (unpaired) electrons. The molecule has 0 unspecified atom stereocenters. The second-order valence-electron chi connectivity index (χ2n) is 5.94. The number of halogens is 3. The molecule has 134 valence electrons. The number of nitrogens with one attached hydrogen (secondary N) is 1. The second kappa shape index (κ2) is 8.37. The maximum absolute atomic E-state index is 12.8. The Bertz CT molecular complexity index is 548. The summed E-state index contributed by atoms with van der Waals surface area (Å²) in [5.41, 5.74) is 0.374. The molecule has 1 aromatic rings. The highest BCUT2D eigenvalue weighted by molar-refractivity contribution is 5.94. The third-order valence-corrected chi connectivity index (χ3v) is 4.12. The molecule has 1 N–H and O–H groups in total. The van der Waals surface area contributed by atoms with Crippen LogP contribution in [0.1, 0.15) is 36.0 Å². The van der Waals surface area contributed by atoms with E-state index in [2.05, 4.69) is 5.32 Å². The molecule has 24 heavy (non-hydrogen) atoms. The van der Waals surface area contributed by atoms with E-state index in [9.17, 15) is 18.0 Å². The Morgan fingerprint density at radius 3 is 2.79 bits per heavy atom. The number of amides is 1. The number of ether oxygens (including phenoxy) is 2. The van der Waals surface area contributed by atoms with E-state index in [1.807, 2.05) is 0 Å². The lowest BCUT2D eigenvalue weighted by molar-refractivity contribution is -0.183. The van der Waals surface area contributed by atoms with Gasteiger partial charge in [-0.05, 0) is 37.5 Å². The van der Waals surface area contributed by atoms with Gasteiger partial charge in [0.25, 0.3) is 5.91 Å². The first-order valence-corrected chi connectivity index (χ1v) is 7.99. The molecule has 1 aliphatic carbocycles. The van der Waals surface area contributed by atoms with E-state index in [0.717, 1.165) is 0 Å². The van der Waals surface area contributed by atoms with Gasteiger partial charge in [0.1, 0.15) is 12.4 Å². The molecule has 0 bridgehead atoms. The molecule has 0 saturated heterocycles. The first-order valence-electron chi connectivity index (χ1n) is 7.99. The van der Waals surface area contributed by atoms with Crippen molar-refractivity contribution >= 4 is 5.91 Å². The highest BCUT2D eigenvalue weighted by Crippen LogP contribution is 2.37. The van der Waals surface area contributed by atoms with Crippen LogP contribution < -0.4 is 10.1 Å². The number of carbonyl (C=O) groups excluding carboxylic acids is 1. The van der Waals surface area contributed by atoms with E-state index in [1.54, 1.807) is 31.4 Å². The van der Waals surface area contributed by atoms with Gasteiger partial charge < -0.3 is 14.8 Å². The maximum Gasteiger partial charge on any atom is 0.391 e. The van der Waals surface area contributed by atoms with Gasteiger partial charge in [0, 0.05) is 18.7 Å². The van der Waals surface area contributed by atoms with Gasteiger partial charge in [-0.2, -0.15) is 13.2 Å². The molecule has 0 aromatic heterocycles. The van der Waals surface area contributed by atoms with E-state index < -0.39 is 18.1 Å². The van der Waals surface area contributed by atoms with Crippen LogP contribution in [0.15, 0.2) is 24.3 Å². The van der Waals surface area contributed by atoms with Gasteiger partial charge in [-0.1, -0.05) is 12.5 Å². The highest BCUT2D eigenvalue weighted by atomic mass is 19.4. The number of carbonyl (C=O) groups is 1. The topological polar surface area (TPSA) is 47.6 Å². The Labute approximate surface area is 139 Å². The number of rotatable bonds is 6. The zero-order valence-electron chi connectivity index (χ0n) is 13.6. The predicted molar refractivity (Wildman–Crippen MR) is 83.1 cm³/mol. The molecular weight excluding hydrogens is 323 g/mol. The Balaban J connectivity index is 1.93. The molecule has 0 spiro atoms. The summed E-state index contributed by atoms with van der Waals surface area (Å²) in [6.45, 7) is 0.786. The third kappa shape index (κ3) is 5.40. The quantitative estimate of drug-likeness (QED) is 0.802. The van der Waals surface area contributed by atoms with Crippen LogP contribution in [-0.2, 0) is 4.74 Å². The average molecular weight is 345 g/mol. The normalized spacial score (nSPS) is 21.3. The zero-order valence-corrected chi connectivity index (χ0v) is 13.6. The van der Waals surface area contributed by atoms with Crippen molar-refractivity contribution in [2.45, 2.75) is 37.9 Å². The van der Waals surface area contributed by atoms with Gasteiger partial charge in [0.2, 0.25) is 0 Å². The van der Waals surface area contributed by atoms with Crippen LogP contribution in [-0.4, -0.2) is 38.4 Å². The molecule has 0 heterocycles. The molecule has 4 nitrogen and oxygen atoms in total. The minimum Gasteiger partial charge on any atom is -0.491 e. The summed E-state index contributed by atoms with van der Waals surface area (Å²) in [6.07, 6.45) is -3.08. The summed E-state index contributed by atoms with van der Waals surface area (Å²) in [4.78, 5) is 12.3. The summed E-state index contributed by atoms with van der Waals surface area (Å²) < 4.78 is 48.8. The number of alkyl halides is 3. The number of hydrogen-bond donors (Lipinski definition) is 1. The van der Waals surface area contributed by atoms with Crippen molar-refractivity contribution in [2.75, 3.05) is 20.3 Å². The summed E-state index contributed by atoms with van der Waals surface area (Å²) in [6, 6.07) is 6.14. The molecule has 1 aromatic carbocycles. The van der Waals surface area contributed by atoms with E-state index in [0.29, 0.717) is 37.4 Å². The lowest BCUT2D eigenvalue weighted by Crippen LogP contribution is -2.41. The van der Waals surface area contributed by atoms with Crippen LogP contribution >= 0.6 is 0 Å².